The van der Waals surface area contributed by atoms with Gasteiger partial charge < -0.3 is 9.30 Å². The van der Waals surface area contributed by atoms with Gasteiger partial charge in [-0.1, -0.05) is 36.4 Å². The van der Waals surface area contributed by atoms with E-state index in [1.807, 2.05) is 35.0 Å². The molecule has 3 rings (SSSR count). The molecule has 0 N–H and O–H groups in total. The number of carbonyl (C=O) groups excluding carboxylic acids is 1. The molecule has 0 aliphatic rings. The van der Waals surface area contributed by atoms with Gasteiger partial charge in [0.15, 0.2) is 0 Å². The topological polar surface area (TPSA) is 44.1 Å². The molecule has 0 aliphatic heterocycles. The van der Waals surface area contributed by atoms with Crippen LogP contribution in [0.5, 0.6) is 0 Å². The number of esters is 1. The van der Waals surface area contributed by atoms with Crippen LogP contribution in [0.1, 0.15) is 15.9 Å². The van der Waals surface area contributed by atoms with Crippen LogP contribution in [0.3, 0.4) is 0 Å². The van der Waals surface area contributed by atoms with E-state index in [9.17, 15) is 9.18 Å². The first-order chi connectivity index (χ1) is 12.2. The highest BCUT2D eigenvalue weighted by atomic mass is 19.1. The zero-order valence-corrected chi connectivity index (χ0v) is 13.7. The summed E-state index contributed by atoms with van der Waals surface area (Å²) in [4.78, 5) is 16.1. The first-order valence-corrected chi connectivity index (χ1v) is 7.78. The SMILES string of the molecule is COC(=O)c1cc(C=CCn2ccnc2)ccc1-c1ccc(F)cc1. The van der Waals surface area contributed by atoms with Gasteiger partial charge in [0.1, 0.15) is 5.82 Å². The average molecular weight is 336 g/mol. The van der Waals surface area contributed by atoms with Crippen LogP contribution in [0.25, 0.3) is 17.2 Å². The van der Waals surface area contributed by atoms with Crippen molar-refractivity contribution in [1.29, 1.82) is 0 Å². The summed E-state index contributed by atoms with van der Waals surface area (Å²) in [6.45, 7) is 0.688. The molecule has 5 heteroatoms. The summed E-state index contributed by atoms with van der Waals surface area (Å²) < 4.78 is 20.0. The number of hydrogen-bond donors (Lipinski definition) is 0. The Kier molecular flexibility index (Phi) is 5.04. The number of allylic oxidation sites excluding steroid dienone is 1. The molecule has 25 heavy (non-hydrogen) atoms. The van der Waals surface area contributed by atoms with Crippen molar-refractivity contribution >= 4 is 12.0 Å². The Morgan fingerprint density at radius 1 is 1.24 bits per heavy atom. The Morgan fingerprint density at radius 2 is 2.04 bits per heavy atom. The third-order valence-corrected chi connectivity index (χ3v) is 3.79. The minimum absolute atomic E-state index is 0.317. The fraction of sp³-hybridized carbons (Fsp3) is 0.100. The number of imidazole rings is 1. The smallest absolute Gasteiger partial charge is 0.338 e. The number of ether oxygens (including phenoxy) is 1. The number of rotatable bonds is 5. The second-order valence-electron chi connectivity index (χ2n) is 5.47. The first kappa shape index (κ1) is 16.6. The molecule has 0 amide bonds. The van der Waals surface area contributed by atoms with E-state index in [-0.39, 0.29) is 5.82 Å². The van der Waals surface area contributed by atoms with Crippen LogP contribution in [0.2, 0.25) is 0 Å². The number of methoxy groups -OCH3 is 1. The van der Waals surface area contributed by atoms with Crippen LogP contribution >= 0.6 is 0 Å². The van der Waals surface area contributed by atoms with Crippen molar-refractivity contribution in [2.75, 3.05) is 7.11 Å². The highest BCUT2D eigenvalue weighted by Gasteiger charge is 2.13. The lowest BCUT2D eigenvalue weighted by molar-refractivity contribution is 0.0601. The van der Waals surface area contributed by atoms with Gasteiger partial charge in [0.05, 0.1) is 19.0 Å². The molecule has 0 saturated heterocycles. The van der Waals surface area contributed by atoms with Gasteiger partial charge in [-0.05, 0) is 34.9 Å². The van der Waals surface area contributed by atoms with Crippen molar-refractivity contribution in [1.82, 2.24) is 9.55 Å². The summed E-state index contributed by atoms with van der Waals surface area (Å²) in [5.74, 6) is -0.744. The fourth-order valence-corrected chi connectivity index (χ4v) is 2.53. The van der Waals surface area contributed by atoms with Crippen LogP contribution in [0.4, 0.5) is 4.39 Å². The van der Waals surface area contributed by atoms with Crippen LogP contribution in [-0.2, 0) is 11.3 Å². The van der Waals surface area contributed by atoms with Crippen molar-refractivity contribution in [3.63, 3.8) is 0 Å². The summed E-state index contributed by atoms with van der Waals surface area (Å²) in [5, 5.41) is 0. The molecule has 0 atom stereocenters. The van der Waals surface area contributed by atoms with Crippen molar-refractivity contribution in [3.8, 4) is 11.1 Å². The van der Waals surface area contributed by atoms with Gasteiger partial charge in [-0.2, -0.15) is 0 Å². The van der Waals surface area contributed by atoms with E-state index in [0.29, 0.717) is 17.7 Å². The highest BCUT2D eigenvalue weighted by Crippen LogP contribution is 2.26. The fourth-order valence-electron chi connectivity index (χ4n) is 2.53. The normalized spacial score (nSPS) is 11.0. The number of hydrogen-bond acceptors (Lipinski definition) is 3. The largest absolute Gasteiger partial charge is 0.465 e. The summed E-state index contributed by atoms with van der Waals surface area (Å²) in [6, 6.07) is 11.6. The summed E-state index contributed by atoms with van der Waals surface area (Å²) >= 11 is 0. The van der Waals surface area contributed by atoms with Crippen LogP contribution in [0, 0.1) is 5.82 Å². The Morgan fingerprint density at radius 3 is 2.72 bits per heavy atom. The molecule has 4 nitrogen and oxygen atoms in total. The van der Waals surface area contributed by atoms with E-state index in [2.05, 4.69) is 4.98 Å². The number of halogens is 1. The summed E-state index contributed by atoms with van der Waals surface area (Å²) in [7, 11) is 1.35. The summed E-state index contributed by atoms with van der Waals surface area (Å²) in [6.07, 6.45) is 9.25. The first-order valence-electron chi connectivity index (χ1n) is 7.78. The van der Waals surface area contributed by atoms with Crippen molar-refractivity contribution < 1.29 is 13.9 Å². The monoisotopic (exact) mass is 336 g/mol. The molecule has 1 heterocycles. The number of aromatic nitrogens is 2. The maximum absolute atomic E-state index is 13.1. The van der Waals surface area contributed by atoms with Crippen molar-refractivity contribution in [2.24, 2.45) is 0 Å². The predicted octanol–water partition coefficient (Wildman–Crippen LogP) is 4.19. The maximum atomic E-state index is 13.1. The molecule has 1 aromatic heterocycles. The van der Waals surface area contributed by atoms with Crippen LogP contribution < -0.4 is 0 Å². The standard InChI is InChI=1S/C20H17FN2O2/c1-25-20(24)19-13-15(3-2-11-23-12-10-22-14-23)4-9-18(19)16-5-7-17(21)8-6-16/h2-10,12-14H,11H2,1H3. The Hall–Kier alpha value is -3.21. The van der Waals surface area contributed by atoms with Gasteiger partial charge in [-0.15, -0.1) is 0 Å². The molecule has 3 aromatic rings. The van der Waals surface area contributed by atoms with E-state index in [1.165, 1.54) is 19.2 Å². The zero-order chi connectivity index (χ0) is 17.6. The number of carbonyl (C=O) groups is 1. The second kappa shape index (κ2) is 7.57. The third kappa shape index (κ3) is 4.01. The van der Waals surface area contributed by atoms with Crippen molar-refractivity contribution in [2.45, 2.75) is 6.54 Å². The summed E-state index contributed by atoms with van der Waals surface area (Å²) in [5.41, 5.74) is 2.79. The van der Waals surface area contributed by atoms with Gasteiger partial charge in [0.2, 0.25) is 0 Å². The second-order valence-corrected chi connectivity index (χ2v) is 5.47. The molecular weight excluding hydrogens is 319 g/mol. The van der Waals surface area contributed by atoms with E-state index >= 15 is 0 Å². The third-order valence-electron chi connectivity index (χ3n) is 3.79. The molecule has 0 aliphatic carbocycles. The van der Waals surface area contributed by atoms with E-state index in [4.69, 9.17) is 4.74 Å². The lowest BCUT2D eigenvalue weighted by Gasteiger charge is -2.09. The van der Waals surface area contributed by atoms with Crippen molar-refractivity contribution in [3.05, 3.63) is 84.2 Å². The number of nitrogens with zero attached hydrogens (tertiary/aromatic N) is 2. The Bertz CT molecular complexity index is 885. The number of benzene rings is 2. The quantitative estimate of drug-likeness (QED) is 0.656. The van der Waals surface area contributed by atoms with E-state index in [1.54, 1.807) is 30.7 Å². The predicted molar refractivity (Wildman–Crippen MR) is 94.4 cm³/mol. The molecule has 0 unspecified atom stereocenters. The van der Waals surface area contributed by atoms with Gasteiger partial charge in [-0.25, -0.2) is 14.2 Å². The van der Waals surface area contributed by atoms with Gasteiger partial charge in [-0.3, -0.25) is 0 Å². The van der Waals surface area contributed by atoms with E-state index < -0.39 is 5.97 Å². The molecule has 0 spiro atoms. The molecule has 2 aromatic carbocycles. The Balaban J connectivity index is 1.90. The maximum Gasteiger partial charge on any atom is 0.338 e. The molecule has 126 valence electrons. The highest BCUT2D eigenvalue weighted by molar-refractivity contribution is 5.98. The zero-order valence-electron chi connectivity index (χ0n) is 13.7. The van der Waals surface area contributed by atoms with Gasteiger partial charge >= 0.3 is 5.97 Å². The van der Waals surface area contributed by atoms with Crippen LogP contribution in [0.15, 0.2) is 67.3 Å². The Labute approximate surface area is 145 Å². The van der Waals surface area contributed by atoms with Gasteiger partial charge in [0, 0.05) is 18.9 Å². The lowest BCUT2D eigenvalue weighted by atomic mass is 9.97. The minimum atomic E-state index is -0.427. The molecular formula is C20H17FN2O2. The molecule has 0 fully saturated rings. The molecule has 0 radical (unpaired) electrons. The molecule has 0 saturated carbocycles. The molecule has 0 bridgehead atoms. The van der Waals surface area contributed by atoms with Crippen LogP contribution in [-0.4, -0.2) is 22.6 Å². The van der Waals surface area contributed by atoms with Gasteiger partial charge in [0.25, 0.3) is 0 Å². The van der Waals surface area contributed by atoms with E-state index in [0.717, 1.165) is 11.1 Å². The average Bonchev–Trinajstić information content (AvgIpc) is 3.15. The lowest BCUT2D eigenvalue weighted by Crippen LogP contribution is -2.04. The minimum Gasteiger partial charge on any atom is -0.465 e.